The first-order chi connectivity index (χ1) is 11.0. The summed E-state index contributed by atoms with van der Waals surface area (Å²) in [6.07, 6.45) is 0. The zero-order valence-electron chi connectivity index (χ0n) is 13.2. The Bertz CT molecular complexity index is 701. The molecule has 0 radical (unpaired) electrons. The van der Waals surface area contributed by atoms with Crippen LogP contribution in [-0.4, -0.2) is 23.9 Å². The minimum atomic E-state index is -0.475. The highest BCUT2D eigenvalue weighted by molar-refractivity contribution is 5.95. The lowest BCUT2D eigenvalue weighted by Gasteiger charge is -2.22. The van der Waals surface area contributed by atoms with Gasteiger partial charge in [0.05, 0.1) is 17.2 Å². The summed E-state index contributed by atoms with van der Waals surface area (Å²) in [6.45, 7) is 4.64. The molecule has 2 aromatic carbocycles. The number of anilines is 2. The average Bonchev–Trinajstić information content (AvgIpc) is 2.55. The van der Waals surface area contributed by atoms with E-state index in [9.17, 15) is 14.9 Å². The molecule has 0 unspecified atom stereocenters. The first-order valence-corrected chi connectivity index (χ1v) is 7.36. The Morgan fingerprint density at radius 3 is 2.52 bits per heavy atom. The highest BCUT2D eigenvalue weighted by Gasteiger charge is 2.13. The summed E-state index contributed by atoms with van der Waals surface area (Å²) in [4.78, 5) is 24.6. The molecular formula is C17H19N3O3. The highest BCUT2D eigenvalue weighted by Crippen LogP contribution is 2.22. The number of benzene rings is 2. The van der Waals surface area contributed by atoms with Gasteiger partial charge in [0.15, 0.2) is 0 Å². The number of hydrogen-bond acceptors (Lipinski definition) is 4. The molecule has 0 bridgehead atoms. The van der Waals surface area contributed by atoms with Gasteiger partial charge in [-0.25, -0.2) is 0 Å². The van der Waals surface area contributed by atoms with Crippen LogP contribution in [0.5, 0.6) is 0 Å². The number of rotatable bonds is 6. The molecule has 0 heterocycles. The number of carbonyl (C=O) groups excluding carboxylic acids is 1. The lowest BCUT2D eigenvalue weighted by atomic mass is 10.2. The Labute approximate surface area is 134 Å². The first kappa shape index (κ1) is 16.5. The van der Waals surface area contributed by atoms with Crippen molar-refractivity contribution in [3.63, 3.8) is 0 Å². The van der Waals surface area contributed by atoms with Crippen molar-refractivity contribution in [2.24, 2.45) is 0 Å². The van der Waals surface area contributed by atoms with Crippen molar-refractivity contribution in [1.82, 2.24) is 0 Å². The summed E-state index contributed by atoms with van der Waals surface area (Å²) in [7, 11) is 0. The van der Waals surface area contributed by atoms with Gasteiger partial charge < -0.3 is 10.2 Å². The van der Waals surface area contributed by atoms with Gasteiger partial charge in [-0.05, 0) is 31.5 Å². The smallest absolute Gasteiger partial charge is 0.271 e. The van der Waals surface area contributed by atoms with E-state index in [0.717, 1.165) is 11.3 Å². The van der Waals surface area contributed by atoms with Gasteiger partial charge >= 0.3 is 0 Å². The molecule has 1 N–H and O–H groups in total. The van der Waals surface area contributed by atoms with Crippen molar-refractivity contribution in [2.45, 2.75) is 13.8 Å². The quantitative estimate of drug-likeness (QED) is 0.655. The van der Waals surface area contributed by atoms with Crippen molar-refractivity contribution in [3.05, 3.63) is 64.2 Å². The number of carbonyl (C=O) groups is 1. The fourth-order valence-corrected chi connectivity index (χ4v) is 2.25. The number of non-ortho nitro benzene ring substituents is 1. The lowest BCUT2D eigenvalue weighted by Crippen LogP contribution is -2.33. The van der Waals surface area contributed by atoms with Crippen LogP contribution in [0.4, 0.5) is 17.1 Å². The third-order valence-corrected chi connectivity index (χ3v) is 3.54. The molecule has 2 aromatic rings. The maximum atomic E-state index is 12.3. The molecule has 120 valence electrons. The molecule has 6 nitrogen and oxygen atoms in total. The van der Waals surface area contributed by atoms with Gasteiger partial charge in [0.1, 0.15) is 0 Å². The highest BCUT2D eigenvalue weighted by atomic mass is 16.6. The second kappa shape index (κ2) is 7.40. The number of likely N-dealkylation sites (N-methyl/N-ethyl adjacent to an activating group) is 1. The monoisotopic (exact) mass is 313 g/mol. The van der Waals surface area contributed by atoms with Crippen LogP contribution in [0.3, 0.4) is 0 Å². The van der Waals surface area contributed by atoms with Gasteiger partial charge in [-0.1, -0.05) is 24.3 Å². The van der Waals surface area contributed by atoms with Crippen LogP contribution in [0.2, 0.25) is 0 Å². The number of nitrogens with zero attached hydrogens (tertiary/aromatic N) is 2. The first-order valence-electron chi connectivity index (χ1n) is 7.36. The summed E-state index contributed by atoms with van der Waals surface area (Å²) >= 11 is 0. The zero-order valence-corrected chi connectivity index (χ0v) is 13.2. The van der Waals surface area contributed by atoms with Gasteiger partial charge in [0.2, 0.25) is 5.91 Å². The molecule has 0 aliphatic rings. The number of hydrogen-bond donors (Lipinski definition) is 1. The summed E-state index contributed by atoms with van der Waals surface area (Å²) in [5.74, 6) is -0.209. The second-order valence-corrected chi connectivity index (χ2v) is 5.15. The molecule has 1 amide bonds. The lowest BCUT2D eigenvalue weighted by molar-refractivity contribution is -0.384. The Balaban J connectivity index is 2.10. The summed E-state index contributed by atoms with van der Waals surface area (Å²) in [5, 5.41) is 13.6. The Morgan fingerprint density at radius 2 is 1.91 bits per heavy atom. The second-order valence-electron chi connectivity index (χ2n) is 5.15. The molecule has 0 saturated heterocycles. The van der Waals surface area contributed by atoms with E-state index in [4.69, 9.17) is 0 Å². The molecule has 6 heteroatoms. The number of nitrogens with one attached hydrogen (secondary N) is 1. The number of nitro groups is 1. The minimum Gasteiger partial charge on any atom is -0.362 e. The topological polar surface area (TPSA) is 75.5 Å². The van der Waals surface area contributed by atoms with Crippen LogP contribution in [0.25, 0.3) is 0 Å². The van der Waals surface area contributed by atoms with Crippen LogP contribution in [0.15, 0.2) is 48.5 Å². The van der Waals surface area contributed by atoms with Crippen molar-refractivity contribution in [2.75, 3.05) is 23.3 Å². The van der Waals surface area contributed by atoms with Gasteiger partial charge in [0, 0.05) is 24.4 Å². The van der Waals surface area contributed by atoms with Gasteiger partial charge in [0.25, 0.3) is 5.69 Å². The number of aryl methyl sites for hydroxylation is 1. The molecule has 0 aromatic heterocycles. The molecule has 23 heavy (non-hydrogen) atoms. The van der Waals surface area contributed by atoms with Crippen molar-refractivity contribution >= 4 is 23.0 Å². The molecule has 2 rings (SSSR count). The normalized spacial score (nSPS) is 10.2. The maximum absolute atomic E-state index is 12.3. The van der Waals surface area contributed by atoms with Crippen molar-refractivity contribution < 1.29 is 9.72 Å². The number of nitro benzene ring substituents is 1. The third kappa shape index (κ3) is 4.29. The van der Waals surface area contributed by atoms with Gasteiger partial charge in [-0.3, -0.25) is 14.9 Å². The Kier molecular flexibility index (Phi) is 5.30. The van der Waals surface area contributed by atoms with Gasteiger partial charge in [-0.15, -0.1) is 0 Å². The van der Waals surface area contributed by atoms with Crippen LogP contribution in [-0.2, 0) is 4.79 Å². The van der Waals surface area contributed by atoms with Crippen LogP contribution in [0, 0.1) is 17.0 Å². The SMILES string of the molecule is CCN(CC(=O)Nc1cc([N+](=O)[O-])ccc1C)c1ccccc1. The van der Waals surface area contributed by atoms with E-state index in [1.165, 1.54) is 12.1 Å². The maximum Gasteiger partial charge on any atom is 0.271 e. The molecule has 0 aliphatic carbocycles. The molecule has 0 atom stereocenters. The summed E-state index contributed by atoms with van der Waals surface area (Å²) in [6, 6.07) is 14.1. The fraction of sp³-hybridized carbons (Fsp3) is 0.235. The predicted molar refractivity (Wildman–Crippen MR) is 90.8 cm³/mol. The van der Waals surface area contributed by atoms with E-state index in [-0.39, 0.29) is 18.1 Å². The Morgan fingerprint density at radius 1 is 1.22 bits per heavy atom. The van der Waals surface area contributed by atoms with Crippen molar-refractivity contribution in [1.29, 1.82) is 0 Å². The van der Waals surface area contributed by atoms with Crippen molar-refractivity contribution in [3.8, 4) is 0 Å². The largest absolute Gasteiger partial charge is 0.362 e. The predicted octanol–water partition coefficient (Wildman–Crippen LogP) is 3.37. The summed E-state index contributed by atoms with van der Waals surface area (Å²) in [5.41, 5.74) is 2.17. The van der Waals surface area contributed by atoms with E-state index < -0.39 is 4.92 Å². The minimum absolute atomic E-state index is 0.0405. The van der Waals surface area contributed by atoms with E-state index in [1.54, 1.807) is 13.0 Å². The van der Waals surface area contributed by atoms with Crippen LogP contribution >= 0.6 is 0 Å². The number of para-hydroxylation sites is 1. The van der Waals surface area contributed by atoms with Crippen LogP contribution in [0.1, 0.15) is 12.5 Å². The zero-order chi connectivity index (χ0) is 16.8. The third-order valence-electron chi connectivity index (χ3n) is 3.54. The van der Waals surface area contributed by atoms with E-state index in [1.807, 2.05) is 42.2 Å². The summed E-state index contributed by atoms with van der Waals surface area (Å²) < 4.78 is 0. The molecular weight excluding hydrogens is 294 g/mol. The Hall–Kier alpha value is -2.89. The molecule has 0 spiro atoms. The molecule has 0 fully saturated rings. The molecule has 0 aliphatic heterocycles. The average molecular weight is 313 g/mol. The van der Waals surface area contributed by atoms with Gasteiger partial charge in [-0.2, -0.15) is 0 Å². The van der Waals surface area contributed by atoms with E-state index >= 15 is 0 Å². The standard InChI is InChI=1S/C17H19N3O3/c1-3-19(14-7-5-4-6-8-14)12-17(21)18-16-11-15(20(22)23)10-9-13(16)2/h4-11H,3,12H2,1-2H3,(H,18,21). The fourth-order valence-electron chi connectivity index (χ4n) is 2.25. The van der Waals surface area contributed by atoms with E-state index in [2.05, 4.69) is 5.32 Å². The van der Waals surface area contributed by atoms with Crippen LogP contribution < -0.4 is 10.2 Å². The number of amides is 1. The van der Waals surface area contributed by atoms with E-state index in [0.29, 0.717) is 12.2 Å². The molecule has 0 saturated carbocycles.